The molecule has 4 heteroatoms. The van der Waals surface area contributed by atoms with Crippen LogP contribution in [0.2, 0.25) is 0 Å². The summed E-state index contributed by atoms with van der Waals surface area (Å²) in [5.41, 5.74) is 1.05. The van der Waals surface area contributed by atoms with Gasteiger partial charge in [0.1, 0.15) is 0 Å². The van der Waals surface area contributed by atoms with E-state index >= 15 is 0 Å². The van der Waals surface area contributed by atoms with Crippen molar-refractivity contribution in [2.45, 2.75) is 33.6 Å². The molecule has 0 spiro atoms. The van der Waals surface area contributed by atoms with Gasteiger partial charge >= 0.3 is 0 Å². The summed E-state index contributed by atoms with van der Waals surface area (Å²) in [6.07, 6.45) is 6.11. The maximum Gasteiger partial charge on any atom is 0.239 e. The Hall–Kier alpha value is -1.50. The maximum absolute atomic E-state index is 9.89. The minimum atomic E-state index is 0.0410. The molecule has 0 aliphatic carbocycles. The lowest BCUT2D eigenvalue weighted by Crippen LogP contribution is -2.13. The zero-order chi connectivity index (χ0) is 11.7. The molecule has 0 aromatic carbocycles. The first-order valence-corrected chi connectivity index (χ1v) is 4.78. The summed E-state index contributed by atoms with van der Waals surface area (Å²) in [7, 11) is 0. The molecule has 0 rings (SSSR count). The van der Waals surface area contributed by atoms with E-state index in [9.17, 15) is 9.59 Å². The summed E-state index contributed by atoms with van der Waals surface area (Å²) < 4.78 is 0. The van der Waals surface area contributed by atoms with Gasteiger partial charge in [0.05, 0.1) is 6.54 Å². The Balaban J connectivity index is 4.22. The Morgan fingerprint density at radius 2 is 2.00 bits per heavy atom. The van der Waals surface area contributed by atoms with E-state index in [4.69, 9.17) is 0 Å². The number of carbonyl (C=O) groups excluding carboxylic acids is 2. The molecule has 0 unspecified atom stereocenters. The average Bonchev–Trinajstić information content (AvgIpc) is 2.14. The summed E-state index contributed by atoms with van der Waals surface area (Å²) >= 11 is 0. The lowest BCUT2D eigenvalue weighted by molar-refractivity contribution is 0.338. The molecule has 15 heavy (non-hydrogen) atoms. The Morgan fingerprint density at radius 1 is 1.33 bits per heavy atom. The largest absolute Gasteiger partial charge is 0.239 e. The molecule has 4 nitrogen and oxygen atoms in total. The monoisotopic (exact) mass is 208 g/mol. The quantitative estimate of drug-likeness (QED) is 0.497. The predicted molar refractivity (Wildman–Crippen MR) is 57.9 cm³/mol. The van der Waals surface area contributed by atoms with Crippen LogP contribution in [0.5, 0.6) is 0 Å². The highest BCUT2D eigenvalue weighted by Gasteiger charge is 2.17. The van der Waals surface area contributed by atoms with Crippen LogP contribution >= 0.6 is 0 Å². The van der Waals surface area contributed by atoms with Crippen LogP contribution in [0, 0.1) is 5.41 Å². The van der Waals surface area contributed by atoms with E-state index in [1.54, 1.807) is 0 Å². The van der Waals surface area contributed by atoms with E-state index in [0.717, 1.165) is 18.4 Å². The third-order valence-corrected chi connectivity index (χ3v) is 2.06. The van der Waals surface area contributed by atoms with E-state index in [1.807, 2.05) is 6.92 Å². The molecule has 0 atom stereocenters. The fourth-order valence-electron chi connectivity index (χ4n) is 1.43. The highest BCUT2D eigenvalue weighted by atomic mass is 16.1. The minimum absolute atomic E-state index is 0.0410. The summed E-state index contributed by atoms with van der Waals surface area (Å²) in [6.45, 7) is 6.55. The van der Waals surface area contributed by atoms with Crippen molar-refractivity contribution in [2.24, 2.45) is 15.4 Å². The highest BCUT2D eigenvalue weighted by Crippen LogP contribution is 2.28. The van der Waals surface area contributed by atoms with Crippen LogP contribution in [0.1, 0.15) is 33.6 Å². The molecule has 0 fully saturated rings. The van der Waals surface area contributed by atoms with Crippen molar-refractivity contribution in [1.29, 1.82) is 0 Å². The van der Waals surface area contributed by atoms with Gasteiger partial charge in [0.2, 0.25) is 12.2 Å². The van der Waals surface area contributed by atoms with Crippen molar-refractivity contribution in [3.05, 3.63) is 11.8 Å². The van der Waals surface area contributed by atoms with Crippen LogP contribution in [0.3, 0.4) is 0 Å². The van der Waals surface area contributed by atoms with Crippen molar-refractivity contribution in [2.75, 3.05) is 6.54 Å². The molecule has 0 saturated carbocycles. The summed E-state index contributed by atoms with van der Waals surface area (Å²) in [5, 5.41) is 0. The Bertz CT molecular complexity index is 319. The molecule has 0 aliphatic rings. The topological polar surface area (TPSA) is 58.9 Å². The maximum atomic E-state index is 9.89. The van der Waals surface area contributed by atoms with Gasteiger partial charge in [0.15, 0.2) is 0 Å². The first kappa shape index (κ1) is 13.5. The van der Waals surface area contributed by atoms with Crippen molar-refractivity contribution >= 4 is 12.2 Å². The molecule has 0 N–H and O–H groups in total. The van der Waals surface area contributed by atoms with Crippen LogP contribution in [0.25, 0.3) is 0 Å². The molecule has 0 aliphatic heterocycles. The Kier molecular flexibility index (Phi) is 6.19. The van der Waals surface area contributed by atoms with E-state index in [2.05, 4.69) is 23.8 Å². The summed E-state index contributed by atoms with van der Waals surface area (Å²) in [5.74, 6) is 0. The Morgan fingerprint density at radius 3 is 2.53 bits per heavy atom. The number of allylic oxidation sites excluding steroid dienone is 1. The number of hydrogen-bond acceptors (Lipinski definition) is 4. The van der Waals surface area contributed by atoms with Crippen LogP contribution in [-0.4, -0.2) is 18.7 Å². The zero-order valence-electron chi connectivity index (χ0n) is 9.41. The molecule has 0 radical (unpaired) electrons. The lowest BCUT2D eigenvalue weighted by atomic mass is 9.83. The molecule has 82 valence electrons. The molecular formula is C11H16N2O2. The zero-order valence-corrected chi connectivity index (χ0v) is 9.41. The van der Waals surface area contributed by atoms with Crippen LogP contribution in [0.4, 0.5) is 0 Å². The van der Waals surface area contributed by atoms with E-state index in [0.29, 0.717) is 6.54 Å². The smallest absolute Gasteiger partial charge is 0.211 e. The number of hydrogen-bond donors (Lipinski definition) is 0. The number of isocyanates is 2. The predicted octanol–water partition coefficient (Wildman–Crippen LogP) is 2.37. The second-order valence-electron chi connectivity index (χ2n) is 4.26. The van der Waals surface area contributed by atoms with Gasteiger partial charge in [-0.05, 0) is 25.2 Å². The van der Waals surface area contributed by atoms with Crippen molar-refractivity contribution < 1.29 is 9.59 Å². The van der Waals surface area contributed by atoms with Crippen LogP contribution in [0.15, 0.2) is 21.8 Å². The fourth-order valence-corrected chi connectivity index (χ4v) is 1.43. The minimum Gasteiger partial charge on any atom is -0.211 e. The van der Waals surface area contributed by atoms with Gasteiger partial charge in [-0.3, -0.25) is 0 Å². The van der Waals surface area contributed by atoms with Crippen LogP contribution in [-0.2, 0) is 9.59 Å². The normalized spacial score (nSPS) is 11.5. The summed E-state index contributed by atoms with van der Waals surface area (Å²) in [4.78, 5) is 26.7. The van der Waals surface area contributed by atoms with Crippen molar-refractivity contribution in [3.8, 4) is 0 Å². The third-order valence-electron chi connectivity index (χ3n) is 2.06. The first-order valence-electron chi connectivity index (χ1n) is 4.78. The van der Waals surface area contributed by atoms with Gasteiger partial charge < -0.3 is 0 Å². The summed E-state index contributed by atoms with van der Waals surface area (Å²) in [6, 6.07) is 0. The van der Waals surface area contributed by atoms with Gasteiger partial charge in [-0.25, -0.2) is 14.6 Å². The Labute approximate surface area is 89.8 Å². The van der Waals surface area contributed by atoms with E-state index in [1.165, 1.54) is 18.4 Å². The molecular weight excluding hydrogens is 192 g/mol. The molecule has 0 aromatic heterocycles. The van der Waals surface area contributed by atoms with Gasteiger partial charge in [0, 0.05) is 6.20 Å². The molecule has 0 aromatic rings. The van der Waals surface area contributed by atoms with Gasteiger partial charge in [-0.2, -0.15) is 4.99 Å². The fraction of sp³-hybridized carbons (Fsp3) is 0.636. The third kappa shape index (κ3) is 7.56. The second kappa shape index (κ2) is 6.88. The van der Waals surface area contributed by atoms with E-state index < -0.39 is 0 Å². The standard InChI is InChI=1S/C11H16N2O2/c1-10(7-13-9-15)6-11(2,3)4-5-12-8-14/h7H,4-6H2,1-3H3. The first-order chi connectivity index (χ1) is 7.02. The van der Waals surface area contributed by atoms with Crippen molar-refractivity contribution in [1.82, 2.24) is 0 Å². The highest BCUT2D eigenvalue weighted by molar-refractivity contribution is 5.35. The number of aliphatic imine (C=N–C) groups is 2. The molecule has 0 saturated heterocycles. The van der Waals surface area contributed by atoms with Gasteiger partial charge in [0.25, 0.3) is 0 Å². The second-order valence-corrected chi connectivity index (χ2v) is 4.26. The number of nitrogens with zero attached hydrogens (tertiary/aromatic N) is 2. The van der Waals surface area contributed by atoms with E-state index in [-0.39, 0.29) is 5.41 Å². The lowest BCUT2D eigenvalue weighted by Gasteiger charge is -2.23. The van der Waals surface area contributed by atoms with Crippen LogP contribution < -0.4 is 0 Å². The van der Waals surface area contributed by atoms with Crippen molar-refractivity contribution in [3.63, 3.8) is 0 Å². The average molecular weight is 208 g/mol. The molecule has 0 heterocycles. The van der Waals surface area contributed by atoms with Gasteiger partial charge in [-0.1, -0.05) is 19.4 Å². The molecule has 0 amide bonds. The molecule has 0 bridgehead atoms. The van der Waals surface area contributed by atoms with Gasteiger partial charge in [-0.15, -0.1) is 0 Å². The number of rotatable bonds is 6. The SMILES string of the molecule is CC(=CN=C=O)CC(C)(C)CCN=C=O.